The third-order valence-corrected chi connectivity index (χ3v) is 5.13. The summed E-state index contributed by atoms with van der Waals surface area (Å²) in [5, 5.41) is 8.88. The maximum Gasteiger partial charge on any atom is 0.315 e. The number of hydrogen-bond donors (Lipinski definition) is 4. The summed E-state index contributed by atoms with van der Waals surface area (Å²) < 4.78 is 0. The van der Waals surface area contributed by atoms with Crippen LogP contribution in [-0.4, -0.2) is 29.9 Å². The van der Waals surface area contributed by atoms with Gasteiger partial charge in [0.25, 0.3) is 5.91 Å². The van der Waals surface area contributed by atoms with Crippen molar-refractivity contribution in [3.8, 4) is 0 Å². The average molecular weight is 394 g/mol. The number of amides is 4. The van der Waals surface area contributed by atoms with Gasteiger partial charge in [-0.05, 0) is 55.5 Å². The fraction of sp³-hybridized carbons (Fsp3) is 0.318. The third kappa shape index (κ3) is 6.07. The van der Waals surface area contributed by atoms with Crippen LogP contribution in [0.3, 0.4) is 0 Å². The molecule has 2 aromatic carbocycles. The lowest BCUT2D eigenvalue weighted by atomic mass is 9.91. The zero-order valence-electron chi connectivity index (χ0n) is 16.2. The summed E-state index contributed by atoms with van der Waals surface area (Å²) in [6, 6.07) is 16.0. The first-order valence-electron chi connectivity index (χ1n) is 9.80. The van der Waals surface area contributed by atoms with Crippen molar-refractivity contribution in [3.05, 3.63) is 71.3 Å². The Balaban J connectivity index is 1.37. The van der Waals surface area contributed by atoms with Crippen LogP contribution in [0.5, 0.6) is 0 Å². The molecule has 152 valence electrons. The van der Waals surface area contributed by atoms with E-state index < -0.39 is 5.91 Å². The first-order chi connectivity index (χ1) is 14.0. The lowest BCUT2D eigenvalue weighted by molar-refractivity contribution is 0.0923. The van der Waals surface area contributed by atoms with Gasteiger partial charge in [-0.1, -0.05) is 30.3 Å². The SMILES string of the molecule is NC(=O)c1ccc(CNC(=O)NC2CCC(NC(=O)c3ccccc3)CC2)cc1. The third-order valence-electron chi connectivity index (χ3n) is 5.13. The molecular weight excluding hydrogens is 368 g/mol. The molecule has 0 unspecified atom stereocenters. The molecule has 0 bridgehead atoms. The number of urea groups is 1. The van der Waals surface area contributed by atoms with Crippen LogP contribution < -0.4 is 21.7 Å². The van der Waals surface area contributed by atoms with Gasteiger partial charge in [-0.3, -0.25) is 9.59 Å². The van der Waals surface area contributed by atoms with Gasteiger partial charge < -0.3 is 21.7 Å². The minimum absolute atomic E-state index is 0.0536. The highest BCUT2D eigenvalue weighted by Crippen LogP contribution is 2.19. The van der Waals surface area contributed by atoms with Gasteiger partial charge in [-0.2, -0.15) is 0 Å². The maximum atomic E-state index is 12.2. The Kier molecular flexibility index (Phi) is 6.84. The number of nitrogens with one attached hydrogen (secondary N) is 3. The molecule has 0 radical (unpaired) electrons. The zero-order chi connectivity index (χ0) is 20.6. The van der Waals surface area contributed by atoms with Crippen LogP contribution in [0.15, 0.2) is 54.6 Å². The number of carbonyl (C=O) groups excluding carboxylic acids is 3. The Morgan fingerprint density at radius 3 is 1.97 bits per heavy atom. The summed E-state index contributed by atoms with van der Waals surface area (Å²) in [5.41, 5.74) is 7.20. The van der Waals surface area contributed by atoms with E-state index >= 15 is 0 Å². The second kappa shape index (κ2) is 9.73. The zero-order valence-corrected chi connectivity index (χ0v) is 16.2. The van der Waals surface area contributed by atoms with Gasteiger partial charge in [0.1, 0.15) is 0 Å². The van der Waals surface area contributed by atoms with Crippen LogP contribution in [0.4, 0.5) is 4.79 Å². The molecule has 0 heterocycles. The summed E-state index contributed by atoms with van der Waals surface area (Å²) in [7, 11) is 0. The molecule has 7 heteroatoms. The molecule has 0 aromatic heterocycles. The molecule has 3 rings (SSSR count). The molecule has 1 aliphatic carbocycles. The van der Waals surface area contributed by atoms with Gasteiger partial charge >= 0.3 is 6.03 Å². The lowest BCUT2D eigenvalue weighted by Gasteiger charge is -2.29. The summed E-state index contributed by atoms with van der Waals surface area (Å²) in [5.74, 6) is -0.528. The van der Waals surface area contributed by atoms with Crippen molar-refractivity contribution in [1.82, 2.24) is 16.0 Å². The molecule has 4 amide bonds. The van der Waals surface area contributed by atoms with E-state index in [-0.39, 0.29) is 24.0 Å². The Labute approximate surface area is 170 Å². The number of hydrogen-bond acceptors (Lipinski definition) is 3. The second-order valence-corrected chi connectivity index (χ2v) is 7.28. The van der Waals surface area contributed by atoms with Gasteiger partial charge in [0.15, 0.2) is 0 Å². The summed E-state index contributed by atoms with van der Waals surface area (Å²) in [4.78, 5) is 35.4. The predicted octanol–water partition coefficient (Wildman–Crippen LogP) is 2.33. The van der Waals surface area contributed by atoms with Crippen molar-refractivity contribution in [2.24, 2.45) is 5.73 Å². The molecule has 0 atom stereocenters. The van der Waals surface area contributed by atoms with Gasteiger partial charge in [-0.15, -0.1) is 0 Å². The van der Waals surface area contributed by atoms with Crippen LogP contribution in [0.25, 0.3) is 0 Å². The molecule has 0 spiro atoms. The Bertz CT molecular complexity index is 844. The van der Waals surface area contributed by atoms with Crippen molar-refractivity contribution in [2.75, 3.05) is 0 Å². The molecule has 5 N–H and O–H groups in total. The van der Waals surface area contributed by atoms with Gasteiger partial charge in [0.05, 0.1) is 0 Å². The quantitative estimate of drug-likeness (QED) is 0.603. The summed E-state index contributed by atoms with van der Waals surface area (Å²) in [6.45, 7) is 0.368. The number of primary amides is 1. The predicted molar refractivity (Wildman–Crippen MR) is 110 cm³/mol. The Morgan fingerprint density at radius 1 is 0.793 bits per heavy atom. The van der Waals surface area contributed by atoms with Crippen molar-refractivity contribution >= 4 is 17.8 Å². The van der Waals surface area contributed by atoms with E-state index in [2.05, 4.69) is 16.0 Å². The van der Waals surface area contributed by atoms with E-state index in [0.717, 1.165) is 31.2 Å². The highest BCUT2D eigenvalue weighted by molar-refractivity contribution is 5.94. The molecular formula is C22H26N4O3. The standard InChI is InChI=1S/C22H26N4O3/c23-20(27)16-8-6-15(7-9-16)14-24-22(29)26-19-12-10-18(11-13-19)25-21(28)17-4-2-1-3-5-17/h1-9,18-19H,10-14H2,(H2,23,27)(H,25,28)(H2,24,26,29). The lowest BCUT2D eigenvalue weighted by Crippen LogP contribution is -2.46. The van der Waals surface area contributed by atoms with E-state index in [1.54, 1.807) is 36.4 Å². The molecule has 7 nitrogen and oxygen atoms in total. The molecule has 1 fully saturated rings. The highest BCUT2D eigenvalue weighted by Gasteiger charge is 2.23. The molecule has 1 saturated carbocycles. The van der Waals surface area contributed by atoms with Gasteiger partial charge in [-0.25, -0.2) is 4.79 Å². The monoisotopic (exact) mass is 394 g/mol. The van der Waals surface area contributed by atoms with Crippen LogP contribution in [0, 0.1) is 0 Å². The molecule has 2 aromatic rings. The topological polar surface area (TPSA) is 113 Å². The number of rotatable bonds is 6. The molecule has 0 saturated heterocycles. The van der Waals surface area contributed by atoms with Crippen molar-refractivity contribution in [3.63, 3.8) is 0 Å². The fourth-order valence-corrected chi connectivity index (χ4v) is 3.45. The van der Waals surface area contributed by atoms with Crippen molar-refractivity contribution < 1.29 is 14.4 Å². The van der Waals surface area contributed by atoms with Crippen LogP contribution in [-0.2, 0) is 6.54 Å². The van der Waals surface area contributed by atoms with E-state index in [0.29, 0.717) is 17.7 Å². The molecule has 1 aliphatic rings. The van der Waals surface area contributed by atoms with Gasteiger partial charge in [0.2, 0.25) is 5.91 Å². The first-order valence-corrected chi connectivity index (χ1v) is 9.80. The first kappa shape index (κ1) is 20.4. The fourth-order valence-electron chi connectivity index (χ4n) is 3.45. The minimum atomic E-state index is -0.474. The van der Waals surface area contributed by atoms with E-state index in [4.69, 9.17) is 5.73 Å². The smallest absolute Gasteiger partial charge is 0.315 e. The maximum absolute atomic E-state index is 12.2. The van der Waals surface area contributed by atoms with Crippen LogP contribution in [0.2, 0.25) is 0 Å². The second-order valence-electron chi connectivity index (χ2n) is 7.28. The molecule has 29 heavy (non-hydrogen) atoms. The Morgan fingerprint density at radius 2 is 1.38 bits per heavy atom. The number of benzene rings is 2. The number of carbonyl (C=O) groups is 3. The largest absolute Gasteiger partial charge is 0.366 e. The normalized spacial score (nSPS) is 18.5. The average Bonchev–Trinajstić information content (AvgIpc) is 2.74. The summed E-state index contributed by atoms with van der Waals surface area (Å²) >= 11 is 0. The minimum Gasteiger partial charge on any atom is -0.366 e. The van der Waals surface area contributed by atoms with Crippen molar-refractivity contribution in [1.29, 1.82) is 0 Å². The summed E-state index contributed by atoms with van der Waals surface area (Å²) in [6.07, 6.45) is 3.30. The Hall–Kier alpha value is -3.35. The van der Waals surface area contributed by atoms with Crippen LogP contribution >= 0.6 is 0 Å². The highest BCUT2D eigenvalue weighted by atomic mass is 16.2. The van der Waals surface area contributed by atoms with E-state index in [9.17, 15) is 14.4 Å². The van der Waals surface area contributed by atoms with E-state index in [1.165, 1.54) is 0 Å². The van der Waals surface area contributed by atoms with Crippen LogP contribution in [0.1, 0.15) is 52.0 Å². The van der Waals surface area contributed by atoms with E-state index in [1.807, 2.05) is 18.2 Å². The molecule has 0 aliphatic heterocycles. The van der Waals surface area contributed by atoms with Gasteiger partial charge in [0, 0.05) is 29.8 Å². The van der Waals surface area contributed by atoms with Crippen molar-refractivity contribution in [2.45, 2.75) is 44.3 Å². The number of nitrogens with two attached hydrogens (primary N) is 1.